The Bertz CT molecular complexity index is 1150. The number of hydrogen-bond acceptors (Lipinski definition) is 8. The number of unbranched alkanes of at least 4 members (excludes halogenated alkanes) is 14. The Labute approximate surface area is 329 Å². The van der Waals surface area contributed by atoms with Crippen molar-refractivity contribution in [1.29, 1.82) is 0 Å². The Morgan fingerprint density at radius 3 is 1.67 bits per heavy atom. The number of rotatable bonds is 36. The van der Waals surface area contributed by atoms with Gasteiger partial charge in [0.15, 0.2) is 6.10 Å². The van der Waals surface area contributed by atoms with E-state index >= 15 is 0 Å². The number of esters is 2. The number of quaternary nitrogens is 1. The number of ether oxygens (including phenoxy) is 2. The Kier molecular flexibility index (Phi) is 34.4. The maximum absolute atomic E-state index is 12.6. The average molecular weight is 778 g/mol. The normalized spacial score (nSPS) is 14.4. The van der Waals surface area contributed by atoms with Crippen LogP contribution in [-0.2, 0) is 32.7 Å². The maximum atomic E-state index is 12.6. The molecule has 2 atom stereocenters. The van der Waals surface area contributed by atoms with Crippen LogP contribution in [0.5, 0.6) is 0 Å². The monoisotopic (exact) mass is 778 g/mol. The predicted molar refractivity (Wildman–Crippen MR) is 222 cm³/mol. The van der Waals surface area contributed by atoms with Gasteiger partial charge in [0.1, 0.15) is 19.8 Å². The second kappa shape index (κ2) is 36.1. The molecule has 10 heteroatoms. The summed E-state index contributed by atoms with van der Waals surface area (Å²) in [6, 6.07) is 0. The highest BCUT2D eigenvalue weighted by Crippen LogP contribution is 2.38. The highest BCUT2D eigenvalue weighted by molar-refractivity contribution is 7.45. The molecule has 0 heterocycles. The highest BCUT2D eigenvalue weighted by Gasteiger charge is 2.21. The van der Waals surface area contributed by atoms with Crippen molar-refractivity contribution in [3.8, 4) is 0 Å². The molecule has 0 rings (SSSR count). The Balaban J connectivity index is 4.49. The van der Waals surface area contributed by atoms with Crippen LogP contribution in [0.25, 0.3) is 0 Å². The lowest BCUT2D eigenvalue weighted by Gasteiger charge is -2.28. The van der Waals surface area contributed by atoms with Crippen molar-refractivity contribution < 1.29 is 42.1 Å². The fourth-order valence-corrected chi connectivity index (χ4v) is 5.82. The molecule has 0 saturated carbocycles. The molecule has 2 unspecified atom stereocenters. The summed E-state index contributed by atoms with van der Waals surface area (Å²) in [5.74, 6) is -0.933. The van der Waals surface area contributed by atoms with Crippen LogP contribution < -0.4 is 4.89 Å². The number of nitrogens with zero attached hydrogens (tertiary/aromatic N) is 1. The van der Waals surface area contributed by atoms with Gasteiger partial charge in [0.05, 0.1) is 27.7 Å². The average Bonchev–Trinajstić information content (AvgIpc) is 3.12. The number of carbonyl (C=O) groups is 2. The third kappa shape index (κ3) is 39.2. The smallest absolute Gasteiger partial charge is 0.306 e. The molecule has 0 aliphatic carbocycles. The molecule has 0 saturated heterocycles. The first kappa shape index (κ1) is 51.5. The Morgan fingerprint density at radius 1 is 0.593 bits per heavy atom. The van der Waals surface area contributed by atoms with Gasteiger partial charge < -0.3 is 27.9 Å². The number of carbonyl (C=O) groups excluding carboxylic acids is 2. The molecule has 54 heavy (non-hydrogen) atoms. The fraction of sp³-hybridized carbons (Fsp3) is 0.682. The van der Waals surface area contributed by atoms with E-state index in [1.165, 1.54) is 64.2 Å². The number of hydrogen-bond donors (Lipinski definition) is 0. The van der Waals surface area contributed by atoms with Crippen LogP contribution in [0.3, 0.4) is 0 Å². The second-order valence-electron chi connectivity index (χ2n) is 14.7. The SMILES string of the molecule is CC/C=C/C=C/C=C/C=C/C=C/CCCC(=O)OC(COC(=O)CCCCCCCCC/C=C/CCCCCCCC)COP(=O)([O-])OCC[N+](C)(C)C. The van der Waals surface area contributed by atoms with Gasteiger partial charge in [-0.1, -0.05) is 151 Å². The third-order valence-electron chi connectivity index (χ3n) is 8.34. The van der Waals surface area contributed by atoms with Crippen LogP contribution in [0.1, 0.15) is 142 Å². The van der Waals surface area contributed by atoms with E-state index < -0.39 is 32.5 Å². The molecule has 0 aliphatic heterocycles. The number of phosphoric ester groups is 1. The van der Waals surface area contributed by atoms with Crippen molar-refractivity contribution in [2.45, 2.75) is 148 Å². The molecule has 0 aromatic heterocycles. The molecular formula is C44H76NO8P. The first-order chi connectivity index (χ1) is 26.0. The van der Waals surface area contributed by atoms with Crippen molar-refractivity contribution in [2.75, 3.05) is 47.5 Å². The van der Waals surface area contributed by atoms with Gasteiger partial charge in [-0.05, 0) is 51.4 Å². The lowest BCUT2D eigenvalue weighted by molar-refractivity contribution is -0.870. The van der Waals surface area contributed by atoms with Crippen LogP contribution in [0.2, 0.25) is 0 Å². The Hall–Kier alpha value is -2.55. The molecule has 9 nitrogen and oxygen atoms in total. The number of allylic oxidation sites excluding steroid dienone is 12. The topological polar surface area (TPSA) is 111 Å². The quantitative estimate of drug-likeness (QED) is 0.0154. The summed E-state index contributed by atoms with van der Waals surface area (Å²) in [4.78, 5) is 37.4. The first-order valence-corrected chi connectivity index (χ1v) is 22.2. The molecule has 0 radical (unpaired) electrons. The molecule has 0 aliphatic rings. The highest BCUT2D eigenvalue weighted by atomic mass is 31.2. The van der Waals surface area contributed by atoms with Gasteiger partial charge >= 0.3 is 11.9 Å². The molecule has 0 spiro atoms. The van der Waals surface area contributed by atoms with Crippen molar-refractivity contribution >= 4 is 19.8 Å². The van der Waals surface area contributed by atoms with E-state index in [1.54, 1.807) is 0 Å². The molecule has 0 fully saturated rings. The van der Waals surface area contributed by atoms with Crippen LogP contribution in [-0.4, -0.2) is 70.0 Å². The van der Waals surface area contributed by atoms with E-state index in [0.717, 1.165) is 32.1 Å². The molecular weight excluding hydrogens is 701 g/mol. The van der Waals surface area contributed by atoms with E-state index in [4.69, 9.17) is 18.5 Å². The van der Waals surface area contributed by atoms with Crippen molar-refractivity contribution in [3.05, 3.63) is 72.9 Å². The van der Waals surface area contributed by atoms with Gasteiger partial charge in [-0.15, -0.1) is 0 Å². The van der Waals surface area contributed by atoms with Crippen LogP contribution >= 0.6 is 7.82 Å². The molecule has 0 aromatic rings. The Morgan fingerprint density at radius 2 is 1.09 bits per heavy atom. The van der Waals surface area contributed by atoms with Gasteiger partial charge in [0.25, 0.3) is 7.82 Å². The summed E-state index contributed by atoms with van der Waals surface area (Å²) in [6.07, 6.45) is 43.7. The summed E-state index contributed by atoms with van der Waals surface area (Å²) >= 11 is 0. The zero-order valence-electron chi connectivity index (χ0n) is 34.6. The molecule has 0 bridgehead atoms. The van der Waals surface area contributed by atoms with Gasteiger partial charge in [0, 0.05) is 12.8 Å². The summed E-state index contributed by atoms with van der Waals surface area (Å²) in [5, 5.41) is 0. The van der Waals surface area contributed by atoms with Crippen molar-refractivity contribution in [1.82, 2.24) is 0 Å². The van der Waals surface area contributed by atoms with E-state index in [1.807, 2.05) is 75.8 Å². The van der Waals surface area contributed by atoms with E-state index in [2.05, 4.69) is 32.1 Å². The standard InChI is InChI=1S/C44H76NO8P/c1-6-8-10-12-14-16-18-20-21-22-23-25-26-28-30-32-34-36-43(46)50-40-42(41-52-54(48,49)51-39-38-45(3,4)5)53-44(47)37-35-33-31-29-27-24-19-17-15-13-11-9-7-2/h9,11,13,15,17,19-21,24,27,29,31,42H,6-8,10,12,14,16,18,22-23,25-26,28,30,32-41H2,1-5H3/b11-9+,15-13+,19-17+,21-20+,27-24+,31-29+. The zero-order valence-corrected chi connectivity index (χ0v) is 35.5. The first-order valence-electron chi connectivity index (χ1n) is 20.7. The van der Waals surface area contributed by atoms with E-state index in [0.29, 0.717) is 30.3 Å². The second-order valence-corrected chi connectivity index (χ2v) is 16.1. The summed E-state index contributed by atoms with van der Waals surface area (Å²) in [5.41, 5.74) is 0. The molecule has 0 aromatic carbocycles. The summed E-state index contributed by atoms with van der Waals surface area (Å²) < 4.78 is 33.7. The number of phosphoric acid groups is 1. The van der Waals surface area contributed by atoms with Gasteiger partial charge in [-0.3, -0.25) is 14.2 Å². The number of likely N-dealkylation sites (N-methyl/N-ethyl adjacent to an activating group) is 1. The van der Waals surface area contributed by atoms with Gasteiger partial charge in [0.2, 0.25) is 0 Å². The minimum atomic E-state index is -4.64. The van der Waals surface area contributed by atoms with Crippen LogP contribution in [0.4, 0.5) is 0 Å². The largest absolute Gasteiger partial charge is 0.756 e. The van der Waals surface area contributed by atoms with Crippen LogP contribution in [0, 0.1) is 0 Å². The zero-order chi connectivity index (χ0) is 40.0. The predicted octanol–water partition coefficient (Wildman–Crippen LogP) is 10.8. The van der Waals surface area contributed by atoms with E-state index in [9.17, 15) is 19.0 Å². The minimum absolute atomic E-state index is 0.0485. The van der Waals surface area contributed by atoms with Crippen LogP contribution in [0.15, 0.2) is 72.9 Å². The van der Waals surface area contributed by atoms with Crippen molar-refractivity contribution in [2.24, 2.45) is 0 Å². The molecule has 310 valence electrons. The lowest BCUT2D eigenvalue weighted by Crippen LogP contribution is -2.37. The third-order valence-corrected chi connectivity index (χ3v) is 9.30. The molecule has 0 N–H and O–H groups in total. The maximum Gasteiger partial charge on any atom is 0.306 e. The van der Waals surface area contributed by atoms with Gasteiger partial charge in [-0.25, -0.2) is 0 Å². The van der Waals surface area contributed by atoms with Gasteiger partial charge in [-0.2, -0.15) is 0 Å². The lowest BCUT2D eigenvalue weighted by atomic mass is 10.1. The van der Waals surface area contributed by atoms with Crippen molar-refractivity contribution in [3.63, 3.8) is 0 Å². The molecule has 0 amide bonds. The summed E-state index contributed by atoms with van der Waals surface area (Å²) in [7, 11) is 1.10. The summed E-state index contributed by atoms with van der Waals surface area (Å²) in [6.45, 7) is 3.96. The van der Waals surface area contributed by atoms with E-state index in [-0.39, 0.29) is 26.1 Å². The minimum Gasteiger partial charge on any atom is -0.756 e. The fourth-order valence-electron chi connectivity index (χ4n) is 5.09.